The van der Waals surface area contributed by atoms with Crippen molar-refractivity contribution in [1.29, 1.82) is 0 Å². The minimum atomic E-state index is -0.114. The fraction of sp³-hybridized carbons (Fsp3) is 0.542. The third kappa shape index (κ3) is 7.59. The van der Waals surface area contributed by atoms with Crippen molar-refractivity contribution in [3.63, 3.8) is 0 Å². The number of benzene rings is 2. The average Bonchev–Trinajstić information content (AvgIpc) is 2.66. The Labute approximate surface area is 158 Å². The van der Waals surface area contributed by atoms with Gasteiger partial charge < -0.3 is 4.74 Å². The van der Waals surface area contributed by atoms with Gasteiger partial charge in [-0.25, -0.2) is 0 Å². The Hall–Kier alpha value is -1.83. The maximum Gasteiger partial charge on any atom is 0.310 e. The molecule has 0 unspecified atom stereocenters. The molecule has 0 amide bonds. The maximum absolute atomic E-state index is 12.1. The molecular formula is C24H34O2. The minimum absolute atomic E-state index is 0.114. The van der Waals surface area contributed by atoms with Crippen molar-refractivity contribution in [2.75, 3.05) is 6.61 Å². The van der Waals surface area contributed by atoms with E-state index in [4.69, 9.17) is 4.74 Å². The first-order valence-electron chi connectivity index (χ1n) is 10.4. The molecule has 0 spiro atoms. The molecule has 0 aliphatic rings. The highest BCUT2D eigenvalue weighted by Gasteiger charge is 2.07. The van der Waals surface area contributed by atoms with Crippen LogP contribution in [0.2, 0.25) is 0 Å². The summed E-state index contributed by atoms with van der Waals surface area (Å²) in [5.74, 6) is -0.114. The van der Waals surface area contributed by atoms with E-state index in [2.05, 4.69) is 25.1 Å². The number of hydrogen-bond donors (Lipinski definition) is 0. The second-order valence-electron chi connectivity index (χ2n) is 7.22. The van der Waals surface area contributed by atoms with Gasteiger partial charge in [0.05, 0.1) is 13.0 Å². The van der Waals surface area contributed by atoms with Crippen LogP contribution in [0.25, 0.3) is 10.8 Å². The molecule has 0 atom stereocenters. The molecule has 0 bridgehead atoms. The Morgan fingerprint density at radius 3 is 2.12 bits per heavy atom. The molecule has 0 radical (unpaired) electrons. The van der Waals surface area contributed by atoms with Crippen molar-refractivity contribution in [1.82, 2.24) is 0 Å². The lowest BCUT2D eigenvalue weighted by atomic mass is 10.0. The molecule has 142 valence electrons. The van der Waals surface area contributed by atoms with Crippen LogP contribution in [0.3, 0.4) is 0 Å². The number of fused-ring (bicyclic) bond motifs is 1. The lowest BCUT2D eigenvalue weighted by Crippen LogP contribution is -2.09. The summed E-state index contributed by atoms with van der Waals surface area (Å²) in [6, 6.07) is 14.3. The van der Waals surface area contributed by atoms with Gasteiger partial charge in [0.2, 0.25) is 0 Å². The summed E-state index contributed by atoms with van der Waals surface area (Å²) < 4.78 is 5.43. The van der Waals surface area contributed by atoms with E-state index in [-0.39, 0.29) is 5.97 Å². The molecule has 0 aliphatic carbocycles. The smallest absolute Gasteiger partial charge is 0.310 e. The van der Waals surface area contributed by atoms with E-state index in [0.29, 0.717) is 13.0 Å². The molecule has 0 heterocycles. The Morgan fingerprint density at radius 2 is 1.38 bits per heavy atom. The van der Waals surface area contributed by atoms with Gasteiger partial charge in [-0.2, -0.15) is 0 Å². The monoisotopic (exact) mass is 354 g/mol. The van der Waals surface area contributed by atoms with Crippen LogP contribution < -0.4 is 0 Å². The predicted octanol–water partition coefficient (Wildman–Crippen LogP) is 6.85. The lowest BCUT2D eigenvalue weighted by Gasteiger charge is -2.07. The summed E-state index contributed by atoms with van der Waals surface area (Å²) in [5.41, 5.74) is 1.05. The van der Waals surface area contributed by atoms with Crippen molar-refractivity contribution in [2.24, 2.45) is 0 Å². The number of unbranched alkanes of at least 4 members (excludes halogenated alkanes) is 9. The van der Waals surface area contributed by atoms with Crippen LogP contribution >= 0.6 is 0 Å². The van der Waals surface area contributed by atoms with Crippen LogP contribution in [0.4, 0.5) is 0 Å². The Bertz CT molecular complexity index is 642. The van der Waals surface area contributed by atoms with E-state index in [1.54, 1.807) is 0 Å². The Morgan fingerprint density at radius 1 is 0.769 bits per heavy atom. The van der Waals surface area contributed by atoms with Crippen molar-refractivity contribution in [2.45, 2.75) is 77.6 Å². The van der Waals surface area contributed by atoms with Gasteiger partial charge in [-0.1, -0.05) is 107 Å². The summed E-state index contributed by atoms with van der Waals surface area (Å²) in [5, 5.41) is 2.32. The maximum atomic E-state index is 12.1. The minimum Gasteiger partial charge on any atom is -0.465 e. The van der Waals surface area contributed by atoms with Crippen LogP contribution in [0.5, 0.6) is 0 Å². The first kappa shape index (κ1) is 20.5. The van der Waals surface area contributed by atoms with Gasteiger partial charge in [-0.05, 0) is 22.8 Å². The molecule has 26 heavy (non-hydrogen) atoms. The lowest BCUT2D eigenvalue weighted by molar-refractivity contribution is -0.142. The SMILES string of the molecule is CCCCCCCCCCCCOC(=O)Cc1cccc2ccccc12. The first-order chi connectivity index (χ1) is 12.8. The highest BCUT2D eigenvalue weighted by Crippen LogP contribution is 2.19. The number of carbonyl (C=O) groups excluding carboxylic acids is 1. The Balaban J connectivity index is 1.54. The molecule has 0 aromatic heterocycles. The molecular weight excluding hydrogens is 320 g/mol. The molecule has 0 aliphatic heterocycles. The number of ether oxygens (including phenoxy) is 1. The van der Waals surface area contributed by atoms with Gasteiger partial charge in [-0.15, -0.1) is 0 Å². The summed E-state index contributed by atoms with van der Waals surface area (Å²) in [6.45, 7) is 2.81. The van der Waals surface area contributed by atoms with Crippen LogP contribution in [0.1, 0.15) is 76.7 Å². The van der Waals surface area contributed by atoms with E-state index in [1.165, 1.54) is 56.8 Å². The summed E-state index contributed by atoms with van der Waals surface area (Å²) >= 11 is 0. The highest BCUT2D eigenvalue weighted by atomic mass is 16.5. The molecule has 2 rings (SSSR count). The van der Waals surface area contributed by atoms with Crippen LogP contribution in [-0.4, -0.2) is 12.6 Å². The van der Waals surface area contributed by atoms with Crippen molar-refractivity contribution in [3.05, 3.63) is 48.0 Å². The molecule has 2 heteroatoms. The molecule has 2 aromatic rings. The van der Waals surface area contributed by atoms with Gasteiger partial charge >= 0.3 is 5.97 Å². The Kier molecular flexibility index (Phi) is 9.86. The zero-order valence-corrected chi connectivity index (χ0v) is 16.3. The topological polar surface area (TPSA) is 26.3 Å². The van der Waals surface area contributed by atoms with Gasteiger partial charge in [0.1, 0.15) is 0 Å². The third-order valence-electron chi connectivity index (χ3n) is 4.98. The standard InChI is InChI=1S/C24H34O2/c1-2-3-4-5-6-7-8-9-10-13-19-26-24(25)20-22-17-14-16-21-15-11-12-18-23(21)22/h11-12,14-18H,2-10,13,19-20H2,1H3. The fourth-order valence-corrected chi connectivity index (χ4v) is 3.43. The normalized spacial score (nSPS) is 11.0. The third-order valence-corrected chi connectivity index (χ3v) is 4.98. The average molecular weight is 355 g/mol. The van der Waals surface area contributed by atoms with Crippen molar-refractivity contribution in [3.8, 4) is 0 Å². The first-order valence-corrected chi connectivity index (χ1v) is 10.4. The zero-order chi connectivity index (χ0) is 18.5. The van der Waals surface area contributed by atoms with E-state index < -0.39 is 0 Å². The quantitative estimate of drug-likeness (QED) is 0.290. The predicted molar refractivity (Wildman–Crippen MR) is 110 cm³/mol. The molecule has 0 saturated carbocycles. The van der Waals surface area contributed by atoms with Gasteiger partial charge in [0, 0.05) is 0 Å². The number of carbonyl (C=O) groups is 1. The van der Waals surface area contributed by atoms with Crippen LogP contribution in [0.15, 0.2) is 42.5 Å². The second kappa shape index (κ2) is 12.5. The van der Waals surface area contributed by atoms with Crippen LogP contribution in [-0.2, 0) is 16.0 Å². The summed E-state index contributed by atoms with van der Waals surface area (Å²) in [6.07, 6.45) is 13.3. The largest absolute Gasteiger partial charge is 0.465 e. The highest BCUT2D eigenvalue weighted by molar-refractivity contribution is 5.88. The number of hydrogen-bond acceptors (Lipinski definition) is 2. The molecule has 0 saturated heterocycles. The summed E-state index contributed by atoms with van der Waals surface area (Å²) in [7, 11) is 0. The van der Waals surface area contributed by atoms with Gasteiger partial charge in [-0.3, -0.25) is 4.79 Å². The van der Waals surface area contributed by atoms with Crippen molar-refractivity contribution >= 4 is 16.7 Å². The van der Waals surface area contributed by atoms with E-state index in [0.717, 1.165) is 23.8 Å². The molecule has 0 fully saturated rings. The van der Waals surface area contributed by atoms with E-state index >= 15 is 0 Å². The molecule has 0 N–H and O–H groups in total. The molecule has 2 nitrogen and oxygen atoms in total. The second-order valence-corrected chi connectivity index (χ2v) is 7.22. The van der Waals surface area contributed by atoms with Gasteiger partial charge in [0.25, 0.3) is 0 Å². The zero-order valence-electron chi connectivity index (χ0n) is 16.3. The van der Waals surface area contributed by atoms with E-state index in [1.807, 2.05) is 24.3 Å². The number of esters is 1. The summed E-state index contributed by atoms with van der Waals surface area (Å²) in [4.78, 5) is 12.1. The van der Waals surface area contributed by atoms with Gasteiger partial charge in [0.15, 0.2) is 0 Å². The van der Waals surface area contributed by atoms with E-state index in [9.17, 15) is 4.79 Å². The number of rotatable bonds is 13. The fourth-order valence-electron chi connectivity index (χ4n) is 3.43. The van der Waals surface area contributed by atoms with Crippen LogP contribution in [0, 0.1) is 0 Å². The van der Waals surface area contributed by atoms with Crippen molar-refractivity contribution < 1.29 is 9.53 Å². The molecule has 2 aromatic carbocycles.